The Bertz CT molecular complexity index is 273. The second kappa shape index (κ2) is 4.81. The highest BCUT2D eigenvalue weighted by atomic mass is 14.9. The Kier molecular flexibility index (Phi) is 3.44. The first-order chi connectivity index (χ1) is 7.31. The van der Waals surface area contributed by atoms with Gasteiger partial charge in [-0.3, -0.25) is 0 Å². The molecule has 0 radical (unpaired) electrons. The maximum absolute atomic E-state index is 6.25. The summed E-state index contributed by atoms with van der Waals surface area (Å²) < 4.78 is 0. The molecule has 1 fully saturated rings. The summed E-state index contributed by atoms with van der Waals surface area (Å²) in [5.74, 6) is 0.647. The van der Waals surface area contributed by atoms with E-state index in [1.807, 2.05) is 12.3 Å². The minimum absolute atomic E-state index is 0.192. The lowest BCUT2D eigenvalue weighted by Gasteiger charge is -2.31. The zero-order valence-corrected chi connectivity index (χ0v) is 9.37. The van der Waals surface area contributed by atoms with Crippen LogP contribution in [-0.4, -0.2) is 18.1 Å². The van der Waals surface area contributed by atoms with Crippen LogP contribution >= 0.6 is 0 Å². The number of nitrogens with two attached hydrogens (primary N) is 1. The average molecular weight is 207 g/mol. The standard InChI is InChI=1S/C12H21N3/c1-14-10-6-4-9(5-7-10)12(13)11-3-2-8-15-11/h2-3,8-10,12,14-15H,4-7,13H2,1H3. The molecule has 1 heterocycles. The Hall–Kier alpha value is -0.800. The van der Waals surface area contributed by atoms with Gasteiger partial charge in [0.25, 0.3) is 0 Å². The molecule has 1 aliphatic rings. The third-order valence-electron chi connectivity index (χ3n) is 3.67. The molecule has 15 heavy (non-hydrogen) atoms. The van der Waals surface area contributed by atoms with E-state index in [2.05, 4.69) is 23.4 Å². The van der Waals surface area contributed by atoms with Crippen LogP contribution in [0.4, 0.5) is 0 Å². The van der Waals surface area contributed by atoms with E-state index in [-0.39, 0.29) is 6.04 Å². The van der Waals surface area contributed by atoms with Gasteiger partial charge in [0.05, 0.1) is 0 Å². The molecule has 1 unspecified atom stereocenters. The first-order valence-electron chi connectivity index (χ1n) is 5.87. The number of aromatic nitrogens is 1. The van der Waals surface area contributed by atoms with Crippen molar-refractivity contribution >= 4 is 0 Å². The van der Waals surface area contributed by atoms with E-state index in [4.69, 9.17) is 5.73 Å². The van der Waals surface area contributed by atoms with Gasteiger partial charge in [-0.05, 0) is 50.8 Å². The van der Waals surface area contributed by atoms with Crippen LogP contribution < -0.4 is 11.1 Å². The van der Waals surface area contributed by atoms with Gasteiger partial charge in [0.15, 0.2) is 0 Å². The fourth-order valence-electron chi connectivity index (χ4n) is 2.57. The van der Waals surface area contributed by atoms with Crippen molar-refractivity contribution in [3.63, 3.8) is 0 Å². The van der Waals surface area contributed by atoms with Crippen molar-refractivity contribution in [3.8, 4) is 0 Å². The first kappa shape index (κ1) is 10.7. The molecule has 3 nitrogen and oxygen atoms in total. The molecule has 0 bridgehead atoms. The summed E-state index contributed by atoms with van der Waals surface area (Å²) in [5.41, 5.74) is 7.43. The van der Waals surface area contributed by atoms with Crippen LogP contribution in [0.2, 0.25) is 0 Å². The van der Waals surface area contributed by atoms with Crippen LogP contribution in [-0.2, 0) is 0 Å². The molecule has 1 saturated carbocycles. The summed E-state index contributed by atoms with van der Waals surface area (Å²) in [5, 5.41) is 3.35. The highest BCUT2D eigenvalue weighted by Gasteiger charge is 2.25. The Morgan fingerprint density at radius 3 is 2.67 bits per heavy atom. The maximum Gasteiger partial charge on any atom is 0.0476 e. The molecule has 4 N–H and O–H groups in total. The minimum atomic E-state index is 0.192. The van der Waals surface area contributed by atoms with Crippen LogP contribution in [0.5, 0.6) is 0 Å². The largest absolute Gasteiger partial charge is 0.364 e. The normalized spacial score (nSPS) is 28.9. The lowest BCUT2D eigenvalue weighted by atomic mass is 9.81. The molecule has 0 saturated heterocycles. The molecule has 84 valence electrons. The van der Waals surface area contributed by atoms with Crippen molar-refractivity contribution in [1.82, 2.24) is 10.3 Å². The van der Waals surface area contributed by atoms with Crippen molar-refractivity contribution in [2.45, 2.75) is 37.8 Å². The number of aromatic amines is 1. The molecule has 0 amide bonds. The molecule has 1 atom stereocenters. The van der Waals surface area contributed by atoms with E-state index in [1.165, 1.54) is 31.4 Å². The Balaban J connectivity index is 1.90. The molecule has 1 aliphatic carbocycles. The molecular formula is C12H21N3. The fraction of sp³-hybridized carbons (Fsp3) is 0.667. The summed E-state index contributed by atoms with van der Waals surface area (Å²) in [6.07, 6.45) is 6.96. The average Bonchev–Trinajstić information content (AvgIpc) is 2.82. The topological polar surface area (TPSA) is 53.8 Å². The minimum Gasteiger partial charge on any atom is -0.364 e. The highest BCUT2D eigenvalue weighted by Crippen LogP contribution is 2.32. The van der Waals surface area contributed by atoms with Crippen LogP contribution in [0.25, 0.3) is 0 Å². The van der Waals surface area contributed by atoms with Crippen LogP contribution in [0, 0.1) is 5.92 Å². The van der Waals surface area contributed by atoms with E-state index in [0.717, 1.165) is 0 Å². The summed E-state index contributed by atoms with van der Waals surface area (Å²) in [7, 11) is 2.05. The van der Waals surface area contributed by atoms with Crippen molar-refractivity contribution in [2.24, 2.45) is 11.7 Å². The second-order valence-corrected chi connectivity index (χ2v) is 4.55. The van der Waals surface area contributed by atoms with Crippen molar-refractivity contribution in [1.29, 1.82) is 0 Å². The number of nitrogens with one attached hydrogen (secondary N) is 2. The third kappa shape index (κ3) is 2.41. The number of hydrogen-bond acceptors (Lipinski definition) is 2. The third-order valence-corrected chi connectivity index (χ3v) is 3.67. The van der Waals surface area contributed by atoms with E-state index in [0.29, 0.717) is 12.0 Å². The smallest absolute Gasteiger partial charge is 0.0476 e. The number of hydrogen-bond donors (Lipinski definition) is 3. The molecule has 3 heteroatoms. The van der Waals surface area contributed by atoms with Crippen LogP contribution in [0.3, 0.4) is 0 Å². The SMILES string of the molecule is CNC1CCC(C(N)c2ccc[nH]2)CC1. The van der Waals surface area contributed by atoms with Crippen molar-refractivity contribution in [2.75, 3.05) is 7.05 Å². The van der Waals surface area contributed by atoms with Gasteiger partial charge in [0, 0.05) is 24.0 Å². The molecule has 0 spiro atoms. The molecule has 0 aliphatic heterocycles. The lowest BCUT2D eigenvalue weighted by Crippen LogP contribution is -2.33. The summed E-state index contributed by atoms with van der Waals surface area (Å²) in [4.78, 5) is 3.22. The Labute approximate surface area is 91.4 Å². The predicted molar refractivity (Wildman–Crippen MR) is 62.5 cm³/mol. The number of rotatable bonds is 3. The zero-order chi connectivity index (χ0) is 10.7. The molecule has 0 aromatic carbocycles. The first-order valence-corrected chi connectivity index (χ1v) is 5.87. The van der Waals surface area contributed by atoms with E-state index >= 15 is 0 Å². The Morgan fingerprint density at radius 2 is 2.13 bits per heavy atom. The highest BCUT2D eigenvalue weighted by molar-refractivity contribution is 5.10. The maximum atomic E-state index is 6.25. The van der Waals surface area contributed by atoms with Gasteiger partial charge in [0.2, 0.25) is 0 Å². The Morgan fingerprint density at radius 1 is 1.40 bits per heavy atom. The zero-order valence-electron chi connectivity index (χ0n) is 9.37. The van der Waals surface area contributed by atoms with E-state index in [1.54, 1.807) is 0 Å². The lowest BCUT2D eigenvalue weighted by molar-refractivity contribution is 0.265. The van der Waals surface area contributed by atoms with Crippen LogP contribution in [0.1, 0.15) is 37.4 Å². The van der Waals surface area contributed by atoms with Gasteiger partial charge in [-0.25, -0.2) is 0 Å². The summed E-state index contributed by atoms with van der Waals surface area (Å²) in [6.45, 7) is 0. The van der Waals surface area contributed by atoms with Gasteiger partial charge in [0.1, 0.15) is 0 Å². The fourth-order valence-corrected chi connectivity index (χ4v) is 2.57. The second-order valence-electron chi connectivity index (χ2n) is 4.55. The summed E-state index contributed by atoms with van der Waals surface area (Å²) in [6, 6.07) is 5.01. The quantitative estimate of drug-likeness (QED) is 0.708. The van der Waals surface area contributed by atoms with Gasteiger partial charge < -0.3 is 16.0 Å². The van der Waals surface area contributed by atoms with E-state index in [9.17, 15) is 0 Å². The van der Waals surface area contributed by atoms with E-state index < -0.39 is 0 Å². The number of H-pyrrole nitrogens is 1. The molecular weight excluding hydrogens is 186 g/mol. The van der Waals surface area contributed by atoms with Crippen molar-refractivity contribution in [3.05, 3.63) is 24.0 Å². The molecule has 1 aromatic heterocycles. The monoisotopic (exact) mass is 207 g/mol. The van der Waals surface area contributed by atoms with Crippen molar-refractivity contribution < 1.29 is 0 Å². The molecule has 1 aromatic rings. The summed E-state index contributed by atoms with van der Waals surface area (Å²) >= 11 is 0. The van der Waals surface area contributed by atoms with Gasteiger partial charge >= 0.3 is 0 Å². The van der Waals surface area contributed by atoms with Gasteiger partial charge in [-0.2, -0.15) is 0 Å². The van der Waals surface area contributed by atoms with Crippen LogP contribution in [0.15, 0.2) is 18.3 Å². The predicted octanol–water partition coefficient (Wildman–Crippen LogP) is 1.79. The van der Waals surface area contributed by atoms with Gasteiger partial charge in [-0.1, -0.05) is 0 Å². The molecule has 2 rings (SSSR count). The van der Waals surface area contributed by atoms with Gasteiger partial charge in [-0.15, -0.1) is 0 Å².